The molecule has 2 aromatic rings. The number of alkyl halides is 3. The molecule has 0 radical (unpaired) electrons. The van der Waals surface area contributed by atoms with Crippen molar-refractivity contribution in [3.05, 3.63) is 40.5 Å². The summed E-state index contributed by atoms with van der Waals surface area (Å²) in [5.74, 6) is 0. The number of aromatic nitrogens is 2. The van der Waals surface area contributed by atoms with Crippen molar-refractivity contribution < 1.29 is 13.2 Å². The second kappa shape index (κ2) is 5.00. The molecule has 0 spiro atoms. The van der Waals surface area contributed by atoms with Gasteiger partial charge in [0.2, 0.25) is 0 Å². The summed E-state index contributed by atoms with van der Waals surface area (Å²) < 4.78 is 40.3. The molecule has 6 heteroatoms. The van der Waals surface area contributed by atoms with Gasteiger partial charge in [0, 0.05) is 11.6 Å². The third-order valence-corrected chi connectivity index (χ3v) is 3.41. The highest BCUT2D eigenvalue weighted by Crippen LogP contribution is 2.41. The summed E-state index contributed by atoms with van der Waals surface area (Å²) in [4.78, 5) is 0. The SMILES string of the molecule is CC(C)n1nc(-c2ccccc2)c(Br)c1C(F)(F)F. The highest BCUT2D eigenvalue weighted by molar-refractivity contribution is 9.10. The fourth-order valence-corrected chi connectivity index (χ4v) is 2.54. The smallest absolute Gasteiger partial charge is 0.256 e. The molecule has 0 saturated carbocycles. The molecule has 0 amide bonds. The van der Waals surface area contributed by atoms with E-state index in [4.69, 9.17) is 0 Å². The Morgan fingerprint density at radius 3 is 2.16 bits per heavy atom. The number of hydrogen-bond acceptors (Lipinski definition) is 1. The van der Waals surface area contributed by atoms with E-state index in [-0.39, 0.29) is 10.5 Å². The van der Waals surface area contributed by atoms with Crippen LogP contribution in [0.3, 0.4) is 0 Å². The van der Waals surface area contributed by atoms with E-state index in [9.17, 15) is 13.2 Å². The van der Waals surface area contributed by atoms with E-state index in [0.717, 1.165) is 4.68 Å². The minimum Gasteiger partial charge on any atom is -0.256 e. The first-order valence-corrected chi connectivity index (χ1v) is 6.52. The summed E-state index contributed by atoms with van der Waals surface area (Å²) >= 11 is 3.04. The fraction of sp³-hybridized carbons (Fsp3) is 0.308. The van der Waals surface area contributed by atoms with Gasteiger partial charge in [-0.25, -0.2) is 0 Å². The average molecular weight is 333 g/mol. The Hall–Kier alpha value is -1.30. The topological polar surface area (TPSA) is 17.8 Å². The van der Waals surface area contributed by atoms with Gasteiger partial charge in [0.1, 0.15) is 5.69 Å². The third kappa shape index (κ3) is 2.68. The van der Waals surface area contributed by atoms with Crippen LogP contribution in [0.1, 0.15) is 25.6 Å². The molecule has 0 fully saturated rings. The zero-order chi connectivity index (χ0) is 14.2. The lowest BCUT2D eigenvalue weighted by atomic mass is 10.1. The molecule has 0 aliphatic heterocycles. The predicted octanol–water partition coefficient (Wildman–Crippen LogP) is 4.91. The Morgan fingerprint density at radius 1 is 1.16 bits per heavy atom. The molecule has 2 nitrogen and oxygen atoms in total. The van der Waals surface area contributed by atoms with E-state index >= 15 is 0 Å². The maximum Gasteiger partial charge on any atom is 0.434 e. The minimum atomic E-state index is -4.44. The molecule has 0 unspecified atom stereocenters. The van der Waals surface area contributed by atoms with Crippen molar-refractivity contribution in [2.75, 3.05) is 0 Å². The normalized spacial score (nSPS) is 12.2. The second-order valence-corrected chi connectivity index (χ2v) is 5.21. The van der Waals surface area contributed by atoms with Gasteiger partial charge in [-0.2, -0.15) is 18.3 Å². The van der Waals surface area contributed by atoms with E-state index in [1.165, 1.54) is 0 Å². The van der Waals surface area contributed by atoms with Gasteiger partial charge >= 0.3 is 6.18 Å². The molecule has 2 rings (SSSR count). The monoisotopic (exact) mass is 332 g/mol. The van der Waals surface area contributed by atoms with Crippen molar-refractivity contribution in [1.29, 1.82) is 0 Å². The molecule has 0 bridgehead atoms. The summed E-state index contributed by atoms with van der Waals surface area (Å²) in [6.45, 7) is 3.34. The van der Waals surface area contributed by atoms with Gasteiger partial charge in [-0.3, -0.25) is 4.68 Å². The second-order valence-electron chi connectivity index (χ2n) is 4.41. The molecule has 19 heavy (non-hydrogen) atoms. The van der Waals surface area contributed by atoms with Gasteiger partial charge in [-0.05, 0) is 29.8 Å². The quantitative estimate of drug-likeness (QED) is 0.763. The van der Waals surface area contributed by atoms with Crippen LogP contribution in [0.5, 0.6) is 0 Å². The van der Waals surface area contributed by atoms with Crippen LogP contribution in [0.15, 0.2) is 34.8 Å². The van der Waals surface area contributed by atoms with Crippen LogP contribution >= 0.6 is 15.9 Å². The first-order valence-electron chi connectivity index (χ1n) is 5.73. The Kier molecular flexibility index (Phi) is 3.71. The third-order valence-electron chi connectivity index (χ3n) is 2.66. The Balaban J connectivity index is 2.66. The van der Waals surface area contributed by atoms with E-state index in [2.05, 4.69) is 21.0 Å². The summed E-state index contributed by atoms with van der Waals surface area (Å²) in [5.41, 5.74) is 0.210. The van der Waals surface area contributed by atoms with E-state index in [1.54, 1.807) is 38.1 Å². The van der Waals surface area contributed by atoms with Gasteiger partial charge in [-0.15, -0.1) is 0 Å². The minimum absolute atomic E-state index is 0.0140. The van der Waals surface area contributed by atoms with E-state index in [0.29, 0.717) is 11.3 Å². The number of rotatable bonds is 2. The van der Waals surface area contributed by atoms with Crippen LogP contribution in [0.25, 0.3) is 11.3 Å². The summed E-state index contributed by atoms with van der Waals surface area (Å²) in [5, 5.41) is 4.10. The van der Waals surface area contributed by atoms with E-state index in [1.807, 2.05) is 6.07 Å². The lowest BCUT2D eigenvalue weighted by molar-refractivity contribution is -0.145. The lowest BCUT2D eigenvalue weighted by Crippen LogP contribution is -2.16. The van der Waals surface area contributed by atoms with Gasteiger partial charge in [0.25, 0.3) is 0 Å². The van der Waals surface area contributed by atoms with Gasteiger partial charge < -0.3 is 0 Å². The Labute approximate surface area is 117 Å². The molecule has 0 aliphatic rings. The molecule has 0 atom stereocenters. The van der Waals surface area contributed by atoms with Crippen molar-refractivity contribution in [2.24, 2.45) is 0 Å². The predicted molar refractivity (Wildman–Crippen MR) is 70.8 cm³/mol. The van der Waals surface area contributed by atoms with Crippen molar-refractivity contribution >= 4 is 15.9 Å². The van der Waals surface area contributed by atoms with Crippen molar-refractivity contribution in [3.8, 4) is 11.3 Å². The molecule has 1 aromatic heterocycles. The Morgan fingerprint density at radius 2 is 1.74 bits per heavy atom. The highest BCUT2D eigenvalue weighted by Gasteiger charge is 2.40. The van der Waals surface area contributed by atoms with Gasteiger partial charge in [-0.1, -0.05) is 30.3 Å². The zero-order valence-electron chi connectivity index (χ0n) is 10.4. The number of hydrogen-bond donors (Lipinski definition) is 0. The first-order chi connectivity index (χ1) is 8.82. The van der Waals surface area contributed by atoms with Gasteiger partial charge in [0.05, 0.1) is 4.47 Å². The van der Waals surface area contributed by atoms with Crippen molar-refractivity contribution in [3.63, 3.8) is 0 Å². The zero-order valence-corrected chi connectivity index (χ0v) is 12.0. The first kappa shape index (κ1) is 14.1. The summed E-state index contributed by atoms with van der Waals surface area (Å²) in [6.07, 6.45) is -4.44. The van der Waals surface area contributed by atoms with Crippen LogP contribution in [-0.4, -0.2) is 9.78 Å². The number of nitrogens with zero attached hydrogens (tertiary/aromatic N) is 2. The lowest BCUT2D eigenvalue weighted by Gasteiger charge is -2.13. The summed E-state index contributed by atoms with van der Waals surface area (Å²) in [7, 11) is 0. The molecule has 1 heterocycles. The molecular weight excluding hydrogens is 321 g/mol. The molecule has 1 aromatic carbocycles. The van der Waals surface area contributed by atoms with Crippen molar-refractivity contribution in [1.82, 2.24) is 9.78 Å². The maximum absolute atomic E-state index is 13.1. The highest BCUT2D eigenvalue weighted by atomic mass is 79.9. The van der Waals surface area contributed by atoms with Crippen LogP contribution in [0.2, 0.25) is 0 Å². The van der Waals surface area contributed by atoms with E-state index < -0.39 is 11.9 Å². The molecule has 0 aliphatic carbocycles. The molecule has 0 N–H and O–H groups in total. The van der Waals surface area contributed by atoms with Gasteiger partial charge in [0.15, 0.2) is 5.69 Å². The molecule has 102 valence electrons. The maximum atomic E-state index is 13.1. The number of halogens is 4. The van der Waals surface area contributed by atoms with Crippen LogP contribution in [0, 0.1) is 0 Å². The number of benzene rings is 1. The fourth-order valence-electron chi connectivity index (χ4n) is 1.82. The van der Waals surface area contributed by atoms with Crippen LogP contribution < -0.4 is 0 Å². The largest absolute Gasteiger partial charge is 0.434 e. The standard InChI is InChI=1S/C13H12BrF3N2/c1-8(2)19-12(13(15,16)17)10(14)11(18-19)9-6-4-3-5-7-9/h3-8H,1-2H3. The molecular formula is C13H12BrF3N2. The van der Waals surface area contributed by atoms with Crippen LogP contribution in [0.4, 0.5) is 13.2 Å². The molecule has 0 saturated heterocycles. The summed E-state index contributed by atoms with van der Waals surface area (Å²) in [6, 6.07) is 8.44. The Bertz CT molecular complexity index is 574. The average Bonchev–Trinajstić information content (AvgIpc) is 2.68. The van der Waals surface area contributed by atoms with Crippen molar-refractivity contribution in [2.45, 2.75) is 26.1 Å². The van der Waals surface area contributed by atoms with Crippen LogP contribution in [-0.2, 0) is 6.18 Å².